The minimum Gasteiger partial charge on any atom is -0.480 e. The normalized spacial score (nSPS) is 16.3. The number of hydrogen-bond donors (Lipinski definition) is 0. The topological polar surface area (TPSA) is 108 Å². The van der Waals surface area contributed by atoms with Gasteiger partial charge in [-0.2, -0.15) is 4.98 Å². The van der Waals surface area contributed by atoms with E-state index in [-0.39, 0.29) is 24.1 Å². The van der Waals surface area contributed by atoms with E-state index in [1.807, 2.05) is 0 Å². The van der Waals surface area contributed by atoms with Crippen LogP contribution in [0.5, 0.6) is 11.8 Å². The molecule has 0 saturated carbocycles. The number of nitro benzene ring substituents is 1. The van der Waals surface area contributed by atoms with Crippen LogP contribution >= 0.6 is 0 Å². The lowest BCUT2D eigenvalue weighted by molar-refractivity contribution is -0.384. The maximum atomic E-state index is 12.4. The predicted molar refractivity (Wildman–Crippen MR) is 91.0 cm³/mol. The van der Waals surface area contributed by atoms with Crippen LogP contribution < -0.4 is 9.47 Å². The van der Waals surface area contributed by atoms with Crippen molar-refractivity contribution in [1.82, 2.24) is 14.9 Å². The number of amides is 1. The van der Waals surface area contributed by atoms with E-state index in [9.17, 15) is 14.9 Å². The zero-order valence-electron chi connectivity index (χ0n) is 14.2. The number of nitrogens with zero attached hydrogens (tertiary/aromatic N) is 4. The third-order valence-corrected chi connectivity index (χ3v) is 4.09. The number of aromatic nitrogens is 2. The summed E-state index contributed by atoms with van der Waals surface area (Å²) in [6.07, 6.45) is 3.73. The van der Waals surface area contributed by atoms with Crippen LogP contribution in [0.25, 0.3) is 0 Å². The number of methoxy groups -OCH3 is 1. The minimum absolute atomic E-state index is 0.00948. The highest BCUT2D eigenvalue weighted by molar-refractivity contribution is 5.79. The molecule has 9 heteroatoms. The Balaban J connectivity index is 1.54. The van der Waals surface area contributed by atoms with Crippen LogP contribution in [0.15, 0.2) is 36.7 Å². The first-order valence-electron chi connectivity index (χ1n) is 8.09. The van der Waals surface area contributed by atoms with Crippen molar-refractivity contribution in [3.63, 3.8) is 0 Å². The maximum Gasteiger partial charge on any atom is 0.269 e. The molecule has 1 atom stereocenters. The van der Waals surface area contributed by atoms with Crippen LogP contribution in [0.2, 0.25) is 0 Å². The third-order valence-electron chi connectivity index (χ3n) is 4.09. The zero-order valence-corrected chi connectivity index (χ0v) is 14.2. The quantitative estimate of drug-likeness (QED) is 0.570. The van der Waals surface area contributed by atoms with Gasteiger partial charge in [0, 0.05) is 25.1 Å². The molecule has 2 heterocycles. The summed E-state index contributed by atoms with van der Waals surface area (Å²) >= 11 is 0. The van der Waals surface area contributed by atoms with Gasteiger partial charge in [-0.3, -0.25) is 19.9 Å². The van der Waals surface area contributed by atoms with E-state index in [1.54, 1.807) is 17.0 Å². The van der Waals surface area contributed by atoms with Gasteiger partial charge in [-0.15, -0.1) is 0 Å². The van der Waals surface area contributed by atoms with Crippen molar-refractivity contribution in [3.05, 3.63) is 52.3 Å². The van der Waals surface area contributed by atoms with Gasteiger partial charge in [0.2, 0.25) is 17.7 Å². The summed E-state index contributed by atoms with van der Waals surface area (Å²) in [5, 5.41) is 10.7. The Bertz CT molecular complexity index is 796. The van der Waals surface area contributed by atoms with E-state index >= 15 is 0 Å². The lowest BCUT2D eigenvalue weighted by Gasteiger charge is -2.17. The fraction of sp³-hybridized carbons (Fsp3) is 0.353. The summed E-state index contributed by atoms with van der Waals surface area (Å²) in [5.41, 5.74) is 0.749. The van der Waals surface area contributed by atoms with Crippen LogP contribution in [-0.2, 0) is 11.2 Å². The molecular formula is C17H18N4O5. The molecular weight excluding hydrogens is 340 g/mol. The van der Waals surface area contributed by atoms with Crippen molar-refractivity contribution < 1.29 is 19.2 Å². The van der Waals surface area contributed by atoms with E-state index in [0.29, 0.717) is 31.3 Å². The van der Waals surface area contributed by atoms with Gasteiger partial charge < -0.3 is 14.4 Å². The van der Waals surface area contributed by atoms with Crippen molar-refractivity contribution in [3.8, 4) is 11.8 Å². The van der Waals surface area contributed by atoms with Gasteiger partial charge in [0.05, 0.1) is 37.4 Å². The number of rotatable bonds is 6. The average molecular weight is 358 g/mol. The van der Waals surface area contributed by atoms with Crippen molar-refractivity contribution in [2.45, 2.75) is 18.9 Å². The summed E-state index contributed by atoms with van der Waals surface area (Å²) in [7, 11) is 1.50. The van der Waals surface area contributed by atoms with Crippen molar-refractivity contribution in [2.24, 2.45) is 0 Å². The van der Waals surface area contributed by atoms with E-state index < -0.39 is 4.92 Å². The van der Waals surface area contributed by atoms with Crippen LogP contribution in [0, 0.1) is 10.1 Å². The molecule has 1 aromatic carbocycles. The van der Waals surface area contributed by atoms with E-state index in [4.69, 9.17) is 9.47 Å². The fourth-order valence-electron chi connectivity index (χ4n) is 2.73. The van der Waals surface area contributed by atoms with E-state index in [0.717, 1.165) is 5.56 Å². The molecule has 1 unspecified atom stereocenters. The molecule has 2 aromatic rings. The van der Waals surface area contributed by atoms with Crippen molar-refractivity contribution in [2.75, 3.05) is 20.2 Å². The Morgan fingerprint density at radius 2 is 2.04 bits per heavy atom. The number of likely N-dealkylation sites (tertiary alicyclic amines) is 1. The number of carbonyl (C=O) groups excluding carboxylic acids is 1. The molecule has 0 aliphatic carbocycles. The van der Waals surface area contributed by atoms with Gasteiger partial charge in [0.25, 0.3) is 5.69 Å². The molecule has 1 saturated heterocycles. The summed E-state index contributed by atoms with van der Waals surface area (Å²) in [6.45, 7) is 1.05. The zero-order chi connectivity index (χ0) is 18.5. The first kappa shape index (κ1) is 17.6. The maximum absolute atomic E-state index is 12.4. The van der Waals surface area contributed by atoms with Crippen molar-refractivity contribution >= 4 is 11.6 Å². The lowest BCUT2D eigenvalue weighted by atomic mass is 10.1. The highest BCUT2D eigenvalue weighted by Crippen LogP contribution is 2.19. The SMILES string of the molecule is COc1cncc(OC2CCN(C(=O)Cc3ccc([N+](=O)[O-])cc3)C2)n1. The van der Waals surface area contributed by atoms with Gasteiger partial charge in [0.15, 0.2) is 0 Å². The molecule has 0 radical (unpaired) electrons. The standard InChI is InChI=1S/C17H18N4O5/c1-25-15-9-18-10-16(19-15)26-14-6-7-20(11-14)17(22)8-12-2-4-13(5-3-12)21(23)24/h2-5,9-10,14H,6-8,11H2,1H3. The molecule has 1 aromatic heterocycles. The molecule has 1 amide bonds. The Hall–Kier alpha value is -3.23. The van der Waals surface area contributed by atoms with E-state index in [1.165, 1.54) is 31.6 Å². The monoisotopic (exact) mass is 358 g/mol. The average Bonchev–Trinajstić information content (AvgIpc) is 3.11. The molecule has 3 rings (SSSR count). The summed E-state index contributed by atoms with van der Waals surface area (Å²) < 4.78 is 10.8. The van der Waals surface area contributed by atoms with Gasteiger partial charge >= 0.3 is 0 Å². The second-order valence-corrected chi connectivity index (χ2v) is 5.87. The minimum atomic E-state index is -0.463. The van der Waals surface area contributed by atoms with Gasteiger partial charge in [-0.25, -0.2) is 0 Å². The molecule has 9 nitrogen and oxygen atoms in total. The van der Waals surface area contributed by atoms with Crippen LogP contribution in [0.3, 0.4) is 0 Å². The molecule has 26 heavy (non-hydrogen) atoms. The first-order chi connectivity index (χ1) is 12.5. The lowest BCUT2D eigenvalue weighted by Crippen LogP contribution is -2.32. The van der Waals surface area contributed by atoms with Crippen LogP contribution in [-0.4, -0.2) is 52.0 Å². The number of carbonyl (C=O) groups is 1. The highest BCUT2D eigenvalue weighted by atomic mass is 16.6. The Morgan fingerprint density at radius 1 is 1.31 bits per heavy atom. The second-order valence-electron chi connectivity index (χ2n) is 5.87. The number of benzene rings is 1. The molecule has 1 fully saturated rings. The Labute approximate surface area is 149 Å². The largest absolute Gasteiger partial charge is 0.480 e. The van der Waals surface area contributed by atoms with Crippen LogP contribution in [0.1, 0.15) is 12.0 Å². The Kier molecular flexibility index (Phi) is 5.26. The molecule has 0 bridgehead atoms. The van der Waals surface area contributed by atoms with Crippen LogP contribution in [0.4, 0.5) is 5.69 Å². The summed E-state index contributed by atoms with van der Waals surface area (Å²) in [6, 6.07) is 6.01. The number of non-ortho nitro benzene ring substituents is 1. The van der Waals surface area contributed by atoms with Gasteiger partial charge in [0.1, 0.15) is 6.10 Å². The molecule has 0 N–H and O–H groups in total. The number of nitro groups is 1. The predicted octanol–water partition coefficient (Wildman–Crippen LogP) is 1.62. The Morgan fingerprint density at radius 3 is 2.73 bits per heavy atom. The first-order valence-corrected chi connectivity index (χ1v) is 8.09. The van der Waals surface area contributed by atoms with Crippen molar-refractivity contribution in [1.29, 1.82) is 0 Å². The second kappa shape index (κ2) is 7.77. The third kappa shape index (κ3) is 4.24. The smallest absolute Gasteiger partial charge is 0.269 e. The molecule has 0 spiro atoms. The molecule has 1 aliphatic rings. The number of ether oxygens (including phenoxy) is 2. The molecule has 136 valence electrons. The summed E-state index contributed by atoms with van der Waals surface area (Å²) in [4.78, 5) is 32.5. The fourth-order valence-corrected chi connectivity index (χ4v) is 2.73. The van der Waals surface area contributed by atoms with Gasteiger partial charge in [-0.1, -0.05) is 12.1 Å². The highest BCUT2D eigenvalue weighted by Gasteiger charge is 2.28. The molecule has 1 aliphatic heterocycles. The number of hydrogen-bond acceptors (Lipinski definition) is 7. The van der Waals surface area contributed by atoms with Gasteiger partial charge in [-0.05, 0) is 5.56 Å². The summed E-state index contributed by atoms with van der Waals surface area (Å²) in [5.74, 6) is 0.687. The van der Waals surface area contributed by atoms with E-state index in [2.05, 4.69) is 9.97 Å².